The first-order valence-electron chi connectivity index (χ1n) is 4.64. The Balaban J connectivity index is 3.65. The molecule has 0 aliphatic carbocycles. The number of nitrogens with one attached hydrogen (secondary N) is 1. The molecule has 11 heteroatoms. The molecule has 0 bridgehead atoms. The maximum atomic E-state index is 12.6. The molecule has 0 aliphatic rings. The average Bonchev–Trinajstić information content (AvgIpc) is 2.24. The summed E-state index contributed by atoms with van der Waals surface area (Å²) in [5.74, 6) is -3.49. The summed E-state index contributed by atoms with van der Waals surface area (Å²) in [6.07, 6.45) is -10.7. The zero-order valence-corrected chi connectivity index (χ0v) is 9.48. The maximum absolute atomic E-state index is 12.6. The van der Waals surface area contributed by atoms with Crippen LogP contribution in [0.25, 0.3) is 0 Å². The van der Waals surface area contributed by atoms with Gasteiger partial charge in [0.1, 0.15) is 5.56 Å². The van der Waals surface area contributed by atoms with Gasteiger partial charge in [-0.05, 0) is 0 Å². The van der Waals surface area contributed by atoms with Crippen molar-refractivity contribution < 1.29 is 40.6 Å². The second-order valence-corrected chi connectivity index (χ2v) is 3.27. The topological polar surface area (TPSA) is 68.4 Å². The van der Waals surface area contributed by atoms with Crippen LogP contribution in [0.1, 0.15) is 15.9 Å². The van der Waals surface area contributed by atoms with Gasteiger partial charge >= 0.3 is 18.5 Å². The monoisotopic (exact) mass is 305 g/mol. The van der Waals surface area contributed by atoms with Crippen LogP contribution in [0.2, 0.25) is 0 Å². The maximum Gasteiger partial charge on any atom is 0.573 e. The number of hydrogen-bond donors (Lipinski definition) is 1. The van der Waals surface area contributed by atoms with E-state index in [0.717, 1.165) is 7.11 Å². The summed E-state index contributed by atoms with van der Waals surface area (Å²) in [4.78, 5) is 23.7. The number of carbonyl (C=O) groups is 1. The van der Waals surface area contributed by atoms with Crippen LogP contribution in [-0.2, 0) is 10.9 Å². The van der Waals surface area contributed by atoms with Crippen LogP contribution in [0.3, 0.4) is 0 Å². The molecule has 0 aromatic carbocycles. The fraction of sp³-hybridized carbons (Fsp3) is 0.333. The normalized spacial score (nSPS) is 12.2. The van der Waals surface area contributed by atoms with Gasteiger partial charge in [0.2, 0.25) is 0 Å². The van der Waals surface area contributed by atoms with E-state index in [9.17, 15) is 35.9 Å². The van der Waals surface area contributed by atoms with Crippen LogP contribution >= 0.6 is 0 Å². The lowest BCUT2D eigenvalue weighted by atomic mass is 10.1. The molecular weight excluding hydrogens is 300 g/mol. The van der Waals surface area contributed by atoms with E-state index in [0.29, 0.717) is 6.20 Å². The first-order chi connectivity index (χ1) is 8.97. The van der Waals surface area contributed by atoms with Crippen LogP contribution in [0.5, 0.6) is 5.75 Å². The molecule has 0 radical (unpaired) electrons. The first kappa shape index (κ1) is 15.9. The predicted molar refractivity (Wildman–Crippen MR) is 50.1 cm³/mol. The third-order valence-electron chi connectivity index (χ3n) is 1.95. The molecule has 0 saturated heterocycles. The molecule has 0 aliphatic heterocycles. The number of aromatic nitrogens is 1. The van der Waals surface area contributed by atoms with Gasteiger partial charge in [-0.15, -0.1) is 13.2 Å². The van der Waals surface area contributed by atoms with Crippen molar-refractivity contribution in [3.63, 3.8) is 0 Å². The number of halogens is 6. The fourth-order valence-electron chi connectivity index (χ4n) is 1.25. The van der Waals surface area contributed by atoms with Gasteiger partial charge in [-0.25, -0.2) is 4.79 Å². The SMILES string of the molecule is COC(=O)c1c[nH]c(=O)c(C(F)(F)F)c1OC(F)(F)F. The van der Waals surface area contributed by atoms with Crippen molar-refractivity contribution in [2.45, 2.75) is 12.5 Å². The minimum Gasteiger partial charge on any atom is -0.465 e. The summed E-state index contributed by atoms with van der Waals surface area (Å²) < 4.78 is 81.4. The number of H-pyrrole nitrogens is 1. The van der Waals surface area contributed by atoms with Gasteiger partial charge < -0.3 is 14.5 Å². The predicted octanol–water partition coefficient (Wildman–Crippen LogP) is 2.08. The molecule has 1 aromatic rings. The highest BCUT2D eigenvalue weighted by molar-refractivity contribution is 5.92. The fourth-order valence-corrected chi connectivity index (χ4v) is 1.25. The van der Waals surface area contributed by atoms with Gasteiger partial charge in [0.15, 0.2) is 11.3 Å². The lowest BCUT2D eigenvalue weighted by molar-refractivity contribution is -0.276. The number of pyridine rings is 1. The molecule has 0 amide bonds. The van der Waals surface area contributed by atoms with Gasteiger partial charge in [-0.2, -0.15) is 13.2 Å². The lowest BCUT2D eigenvalue weighted by Gasteiger charge is -2.16. The van der Waals surface area contributed by atoms with Crippen LogP contribution in [-0.4, -0.2) is 24.4 Å². The van der Waals surface area contributed by atoms with E-state index in [4.69, 9.17) is 0 Å². The van der Waals surface area contributed by atoms with Crippen molar-refractivity contribution in [2.75, 3.05) is 7.11 Å². The number of aromatic amines is 1. The Morgan fingerprint density at radius 1 is 1.20 bits per heavy atom. The molecule has 1 rings (SSSR count). The molecule has 0 unspecified atom stereocenters. The second-order valence-electron chi connectivity index (χ2n) is 3.27. The van der Waals surface area contributed by atoms with Gasteiger partial charge in [-0.1, -0.05) is 0 Å². The van der Waals surface area contributed by atoms with Crippen molar-refractivity contribution in [1.82, 2.24) is 4.98 Å². The highest BCUT2D eigenvalue weighted by atomic mass is 19.4. The van der Waals surface area contributed by atoms with E-state index in [-0.39, 0.29) is 0 Å². The third kappa shape index (κ3) is 3.42. The van der Waals surface area contributed by atoms with Gasteiger partial charge in [0.25, 0.3) is 5.56 Å². The zero-order chi connectivity index (χ0) is 15.7. The number of ether oxygens (including phenoxy) is 2. The third-order valence-corrected chi connectivity index (χ3v) is 1.95. The zero-order valence-electron chi connectivity index (χ0n) is 9.48. The van der Waals surface area contributed by atoms with Crippen molar-refractivity contribution in [1.29, 1.82) is 0 Å². The molecule has 0 fully saturated rings. The Hall–Kier alpha value is -2.20. The van der Waals surface area contributed by atoms with E-state index in [1.165, 1.54) is 4.98 Å². The number of methoxy groups -OCH3 is 1. The van der Waals surface area contributed by atoms with Crippen LogP contribution in [0, 0.1) is 0 Å². The number of hydrogen-bond acceptors (Lipinski definition) is 4. The summed E-state index contributed by atoms with van der Waals surface area (Å²) in [6.45, 7) is 0. The van der Waals surface area contributed by atoms with Crippen LogP contribution in [0.4, 0.5) is 26.3 Å². The number of rotatable bonds is 2. The minimum absolute atomic E-state index is 0.338. The molecule has 0 spiro atoms. The minimum atomic E-state index is -5.53. The Kier molecular flexibility index (Phi) is 4.01. The van der Waals surface area contributed by atoms with E-state index in [1.807, 2.05) is 0 Å². The Bertz CT molecular complexity index is 573. The van der Waals surface area contributed by atoms with E-state index in [1.54, 1.807) is 0 Å². The van der Waals surface area contributed by atoms with Crippen molar-refractivity contribution in [2.24, 2.45) is 0 Å². The summed E-state index contributed by atoms with van der Waals surface area (Å²) >= 11 is 0. The molecule has 1 aromatic heterocycles. The number of alkyl halides is 6. The van der Waals surface area contributed by atoms with Crippen molar-refractivity contribution >= 4 is 5.97 Å². The lowest BCUT2D eigenvalue weighted by Crippen LogP contribution is -2.29. The van der Waals surface area contributed by atoms with Gasteiger partial charge in [0, 0.05) is 6.20 Å². The molecule has 0 atom stereocenters. The van der Waals surface area contributed by atoms with E-state index < -0.39 is 40.9 Å². The number of esters is 1. The number of carbonyl (C=O) groups excluding carboxylic acids is 1. The van der Waals surface area contributed by atoms with Crippen LogP contribution < -0.4 is 10.3 Å². The molecule has 1 N–H and O–H groups in total. The van der Waals surface area contributed by atoms with Gasteiger partial charge in [0.05, 0.1) is 7.11 Å². The smallest absolute Gasteiger partial charge is 0.465 e. The quantitative estimate of drug-likeness (QED) is 0.671. The Morgan fingerprint density at radius 2 is 1.75 bits per heavy atom. The van der Waals surface area contributed by atoms with Crippen LogP contribution in [0.15, 0.2) is 11.0 Å². The summed E-state index contributed by atoms with van der Waals surface area (Å²) in [5, 5.41) is 0. The Labute approximate surface area is 106 Å². The highest BCUT2D eigenvalue weighted by Gasteiger charge is 2.44. The first-order valence-corrected chi connectivity index (χ1v) is 4.64. The summed E-state index contributed by atoms with van der Waals surface area (Å²) in [5.41, 5.74) is -5.38. The van der Waals surface area contributed by atoms with E-state index in [2.05, 4.69) is 9.47 Å². The van der Waals surface area contributed by atoms with E-state index >= 15 is 0 Å². The highest BCUT2D eigenvalue weighted by Crippen LogP contribution is 2.38. The molecule has 112 valence electrons. The summed E-state index contributed by atoms with van der Waals surface area (Å²) in [7, 11) is 0.734. The molecule has 0 saturated carbocycles. The molecule has 20 heavy (non-hydrogen) atoms. The van der Waals surface area contributed by atoms with Gasteiger partial charge in [-0.3, -0.25) is 4.79 Å². The average molecular weight is 305 g/mol. The van der Waals surface area contributed by atoms with Crippen molar-refractivity contribution in [3.8, 4) is 5.75 Å². The molecule has 5 nitrogen and oxygen atoms in total. The molecule has 1 heterocycles. The Morgan fingerprint density at radius 3 is 2.15 bits per heavy atom. The standard InChI is InChI=1S/C9H5F6NO4/c1-19-7(18)3-2-16-6(17)4(8(10,11)12)5(3)20-9(13,14)15/h2H,1H3,(H,16,17). The van der Waals surface area contributed by atoms with Crippen molar-refractivity contribution in [3.05, 3.63) is 27.7 Å². The largest absolute Gasteiger partial charge is 0.573 e. The second kappa shape index (κ2) is 5.06. The summed E-state index contributed by atoms with van der Waals surface area (Å²) in [6, 6.07) is 0. The molecular formula is C9H5F6NO4.